The summed E-state index contributed by atoms with van der Waals surface area (Å²) in [5, 5.41) is 5.43. The Morgan fingerprint density at radius 1 is 1.26 bits per heavy atom. The monoisotopic (exact) mass is 545 g/mol. The molecule has 2 heterocycles. The maximum atomic E-state index is 14.5. The number of fused-ring (bicyclic) bond motifs is 1. The number of amides is 2. The Labute approximate surface area is 222 Å². The average molecular weight is 546 g/mol. The van der Waals surface area contributed by atoms with Crippen LogP contribution in [0.25, 0.3) is 10.9 Å². The molecule has 12 heteroatoms. The van der Waals surface area contributed by atoms with E-state index < -0.39 is 28.8 Å². The lowest BCUT2D eigenvalue weighted by molar-refractivity contribution is -0.140. The molecule has 1 aliphatic heterocycles. The second-order valence-electron chi connectivity index (χ2n) is 8.50. The molecule has 0 spiro atoms. The Bertz CT molecular complexity index is 1390. The fourth-order valence-corrected chi connectivity index (χ4v) is 4.47. The van der Waals surface area contributed by atoms with Gasteiger partial charge in [0, 0.05) is 37.4 Å². The van der Waals surface area contributed by atoms with Gasteiger partial charge in [-0.05, 0) is 31.2 Å². The molecule has 3 aromatic rings. The number of anilines is 2. The zero-order valence-electron chi connectivity index (χ0n) is 20.8. The number of hydrogen-bond donors (Lipinski definition) is 2. The number of nitrogens with one attached hydrogen (secondary N) is 2. The number of aromatic nitrogens is 2. The Hall–Kier alpha value is -3.99. The summed E-state index contributed by atoms with van der Waals surface area (Å²) in [5.41, 5.74) is 0.408. The van der Waals surface area contributed by atoms with E-state index >= 15 is 0 Å². The van der Waals surface area contributed by atoms with Gasteiger partial charge in [0.1, 0.15) is 35.1 Å². The van der Waals surface area contributed by atoms with Gasteiger partial charge < -0.3 is 25.0 Å². The van der Waals surface area contributed by atoms with Crippen LogP contribution < -0.4 is 20.1 Å². The van der Waals surface area contributed by atoms with E-state index in [9.17, 15) is 18.4 Å². The predicted octanol–water partition coefficient (Wildman–Crippen LogP) is 4.37. The van der Waals surface area contributed by atoms with Gasteiger partial charge in [-0.1, -0.05) is 18.2 Å². The van der Waals surface area contributed by atoms with Crippen molar-refractivity contribution < 1.29 is 27.8 Å². The Kier molecular flexibility index (Phi) is 8.26. The summed E-state index contributed by atoms with van der Waals surface area (Å²) >= 11 is 5.72. The maximum Gasteiger partial charge on any atom is 0.246 e. The number of carbonyl (C=O) groups excluding carboxylic acids is 2. The molecule has 2 N–H and O–H groups in total. The molecule has 9 nitrogen and oxygen atoms in total. The van der Waals surface area contributed by atoms with Gasteiger partial charge in [-0.15, -0.1) is 0 Å². The largest absolute Gasteiger partial charge is 0.493 e. The number of likely N-dealkylation sites (tertiary alicyclic amines) is 1. The summed E-state index contributed by atoms with van der Waals surface area (Å²) in [6.07, 6.45) is 2.77. The van der Waals surface area contributed by atoms with Crippen molar-refractivity contribution in [1.29, 1.82) is 0 Å². The van der Waals surface area contributed by atoms with Crippen LogP contribution in [0, 0.1) is 11.6 Å². The van der Waals surface area contributed by atoms with E-state index in [0.717, 1.165) is 6.07 Å². The number of rotatable bonds is 8. The average Bonchev–Trinajstić information content (AvgIpc) is 2.92. The minimum atomic E-state index is -0.958. The quantitative estimate of drug-likeness (QED) is 0.320. The minimum Gasteiger partial charge on any atom is -0.493 e. The Morgan fingerprint density at radius 2 is 2.05 bits per heavy atom. The van der Waals surface area contributed by atoms with Crippen LogP contribution in [0.1, 0.15) is 19.8 Å². The normalized spacial score (nSPS) is 17.1. The minimum absolute atomic E-state index is 0.0706. The van der Waals surface area contributed by atoms with E-state index in [-0.39, 0.29) is 29.7 Å². The zero-order chi connectivity index (χ0) is 27.4. The number of benzene rings is 2. The number of carbonyl (C=O) groups is 2. The third-order valence-corrected chi connectivity index (χ3v) is 6.51. The summed E-state index contributed by atoms with van der Waals surface area (Å²) in [6.45, 7) is 6.05. The third-order valence-electron chi connectivity index (χ3n) is 6.17. The van der Waals surface area contributed by atoms with Crippen molar-refractivity contribution >= 4 is 45.8 Å². The first-order valence-electron chi connectivity index (χ1n) is 11.9. The van der Waals surface area contributed by atoms with Crippen LogP contribution in [0.2, 0.25) is 5.02 Å². The molecule has 200 valence electrons. The van der Waals surface area contributed by atoms with E-state index in [0.29, 0.717) is 41.9 Å². The topological polar surface area (TPSA) is 106 Å². The van der Waals surface area contributed by atoms with Crippen LogP contribution in [0.5, 0.6) is 11.5 Å². The predicted molar refractivity (Wildman–Crippen MR) is 139 cm³/mol. The summed E-state index contributed by atoms with van der Waals surface area (Å²) in [4.78, 5) is 35.0. The first-order chi connectivity index (χ1) is 18.3. The molecule has 0 bridgehead atoms. The van der Waals surface area contributed by atoms with Crippen LogP contribution >= 0.6 is 11.6 Å². The molecular formula is C26H26ClF2N5O4. The fourth-order valence-electron chi connectivity index (χ4n) is 4.31. The van der Waals surface area contributed by atoms with Crippen LogP contribution in [0.15, 0.2) is 43.2 Å². The maximum absolute atomic E-state index is 14.5. The van der Waals surface area contributed by atoms with Crippen LogP contribution in [-0.2, 0) is 9.59 Å². The number of piperidine rings is 1. The lowest BCUT2D eigenvalue weighted by Gasteiger charge is -2.38. The number of hydrogen-bond acceptors (Lipinski definition) is 7. The highest BCUT2D eigenvalue weighted by Gasteiger charge is 2.36. The first-order valence-corrected chi connectivity index (χ1v) is 12.3. The molecule has 4 rings (SSSR count). The van der Waals surface area contributed by atoms with Gasteiger partial charge >= 0.3 is 0 Å². The molecule has 2 amide bonds. The van der Waals surface area contributed by atoms with Crippen molar-refractivity contribution in [2.75, 3.05) is 25.5 Å². The number of ether oxygens (including phenoxy) is 2. The van der Waals surface area contributed by atoms with Gasteiger partial charge in [0.25, 0.3) is 0 Å². The summed E-state index contributed by atoms with van der Waals surface area (Å²) < 4.78 is 39.9. The van der Waals surface area contributed by atoms with E-state index in [2.05, 4.69) is 27.2 Å². The van der Waals surface area contributed by atoms with E-state index in [4.69, 9.17) is 21.1 Å². The van der Waals surface area contributed by atoms with E-state index in [1.54, 1.807) is 19.1 Å². The molecule has 2 unspecified atom stereocenters. The summed E-state index contributed by atoms with van der Waals surface area (Å²) in [5.74, 6) is -1.48. The molecule has 0 radical (unpaired) electrons. The van der Waals surface area contributed by atoms with E-state index in [1.165, 1.54) is 30.5 Å². The fraction of sp³-hybridized carbons (Fsp3) is 0.308. The second kappa shape index (κ2) is 11.6. The molecule has 0 aliphatic carbocycles. The van der Waals surface area contributed by atoms with Crippen molar-refractivity contribution in [2.24, 2.45) is 0 Å². The smallest absolute Gasteiger partial charge is 0.246 e. The highest BCUT2D eigenvalue weighted by atomic mass is 35.5. The van der Waals surface area contributed by atoms with Gasteiger partial charge in [-0.2, -0.15) is 0 Å². The van der Waals surface area contributed by atoms with Gasteiger partial charge in [0.15, 0.2) is 17.3 Å². The molecule has 1 fully saturated rings. The first kappa shape index (κ1) is 27.1. The highest BCUT2D eigenvalue weighted by molar-refractivity contribution is 6.31. The van der Waals surface area contributed by atoms with Gasteiger partial charge in [0.2, 0.25) is 11.8 Å². The Morgan fingerprint density at radius 3 is 2.76 bits per heavy atom. The van der Waals surface area contributed by atoms with Crippen LogP contribution in [0.3, 0.4) is 0 Å². The van der Waals surface area contributed by atoms with Crippen molar-refractivity contribution in [1.82, 2.24) is 20.2 Å². The standard InChI is InChI=1S/C26H26ClF2N5O4/c1-4-22(35)34-9-8-14(10-19(34)26(36)30-5-2)38-21-11-15-18(12-20(21)37-3)31-13-32-25(15)33-17-7-6-16(28)23(27)24(17)29/h4,6-7,11-14,19H,1,5,8-10H2,2-3H3,(H,30,36)(H,31,32,33). The number of nitrogens with zero attached hydrogens (tertiary/aromatic N) is 3. The van der Waals surface area contributed by atoms with Crippen molar-refractivity contribution in [3.05, 3.63) is 59.9 Å². The summed E-state index contributed by atoms with van der Waals surface area (Å²) in [6, 6.07) is 4.82. The number of halogens is 3. The molecule has 1 aliphatic rings. The molecule has 1 aromatic heterocycles. The van der Waals surface area contributed by atoms with Crippen LogP contribution in [0.4, 0.5) is 20.3 Å². The Balaban J connectivity index is 1.65. The lowest BCUT2D eigenvalue weighted by Crippen LogP contribution is -2.55. The molecular weight excluding hydrogens is 520 g/mol. The molecule has 38 heavy (non-hydrogen) atoms. The van der Waals surface area contributed by atoms with Crippen molar-refractivity contribution in [2.45, 2.75) is 31.9 Å². The van der Waals surface area contributed by atoms with Crippen molar-refractivity contribution in [3.8, 4) is 11.5 Å². The number of likely N-dealkylation sites (N-methyl/N-ethyl adjacent to an activating group) is 1. The molecule has 0 saturated carbocycles. The molecule has 2 atom stereocenters. The third kappa shape index (κ3) is 5.47. The number of methoxy groups -OCH3 is 1. The van der Waals surface area contributed by atoms with Crippen LogP contribution in [-0.4, -0.2) is 59.0 Å². The zero-order valence-corrected chi connectivity index (χ0v) is 21.5. The lowest BCUT2D eigenvalue weighted by atomic mass is 9.98. The van der Waals surface area contributed by atoms with Gasteiger partial charge in [-0.3, -0.25) is 9.59 Å². The van der Waals surface area contributed by atoms with E-state index in [1.807, 2.05) is 0 Å². The van der Waals surface area contributed by atoms with Gasteiger partial charge in [0.05, 0.1) is 18.3 Å². The molecule has 1 saturated heterocycles. The second-order valence-corrected chi connectivity index (χ2v) is 8.88. The van der Waals surface area contributed by atoms with Gasteiger partial charge in [-0.25, -0.2) is 18.7 Å². The summed E-state index contributed by atoms with van der Waals surface area (Å²) in [7, 11) is 1.48. The SMILES string of the molecule is C=CC(=O)N1CCC(Oc2cc3c(Nc4ccc(F)c(Cl)c4F)ncnc3cc2OC)CC1C(=O)NCC. The van der Waals surface area contributed by atoms with Crippen molar-refractivity contribution in [3.63, 3.8) is 0 Å². The highest BCUT2D eigenvalue weighted by Crippen LogP contribution is 2.37. The molecule has 2 aromatic carbocycles.